The molecule has 176 valence electrons. The lowest BCUT2D eigenvalue weighted by atomic mass is 10.1. The maximum absolute atomic E-state index is 12.9. The van der Waals surface area contributed by atoms with E-state index >= 15 is 0 Å². The van der Waals surface area contributed by atoms with E-state index in [4.69, 9.17) is 14.2 Å². The summed E-state index contributed by atoms with van der Waals surface area (Å²) in [5.41, 5.74) is 2.58. The smallest absolute Gasteiger partial charge is 0.263 e. The molecule has 3 aromatic carbocycles. The van der Waals surface area contributed by atoms with Crippen LogP contribution in [0.3, 0.4) is 0 Å². The van der Waals surface area contributed by atoms with Gasteiger partial charge in [-0.2, -0.15) is 0 Å². The molecule has 7 heteroatoms. The molecule has 0 aromatic heterocycles. The molecular formula is C27H28N2O5. The number of nitrogens with zero attached hydrogens (tertiary/aromatic N) is 1. The van der Waals surface area contributed by atoms with Crippen LogP contribution in [0, 0.1) is 0 Å². The van der Waals surface area contributed by atoms with E-state index in [9.17, 15) is 9.59 Å². The van der Waals surface area contributed by atoms with Crippen molar-refractivity contribution in [2.75, 3.05) is 25.6 Å². The van der Waals surface area contributed by atoms with Crippen molar-refractivity contribution in [2.24, 2.45) is 0 Å². The molecule has 0 radical (unpaired) electrons. The molecule has 0 bridgehead atoms. The lowest BCUT2D eigenvalue weighted by Crippen LogP contribution is -2.39. The fraction of sp³-hybridized carbons (Fsp3) is 0.259. The van der Waals surface area contributed by atoms with Crippen molar-refractivity contribution in [2.45, 2.75) is 26.0 Å². The van der Waals surface area contributed by atoms with Gasteiger partial charge in [-0.15, -0.1) is 0 Å². The average Bonchev–Trinajstić information content (AvgIpc) is 2.98. The van der Waals surface area contributed by atoms with Crippen molar-refractivity contribution < 1.29 is 23.8 Å². The van der Waals surface area contributed by atoms with Crippen molar-refractivity contribution in [3.63, 3.8) is 0 Å². The highest BCUT2D eigenvalue weighted by atomic mass is 16.5. The second kappa shape index (κ2) is 10.7. The number of ether oxygens (including phenoxy) is 3. The van der Waals surface area contributed by atoms with Gasteiger partial charge in [-0.1, -0.05) is 30.3 Å². The van der Waals surface area contributed by atoms with Crippen molar-refractivity contribution >= 4 is 17.5 Å². The number of anilines is 1. The van der Waals surface area contributed by atoms with Gasteiger partial charge in [0.05, 0.1) is 7.11 Å². The van der Waals surface area contributed by atoms with Crippen LogP contribution in [0.1, 0.15) is 18.1 Å². The van der Waals surface area contributed by atoms with Gasteiger partial charge in [0, 0.05) is 24.3 Å². The van der Waals surface area contributed by atoms with E-state index in [2.05, 4.69) is 5.32 Å². The predicted molar refractivity (Wildman–Crippen MR) is 129 cm³/mol. The first kappa shape index (κ1) is 23.2. The fourth-order valence-electron chi connectivity index (χ4n) is 3.79. The van der Waals surface area contributed by atoms with E-state index in [0.29, 0.717) is 36.7 Å². The Morgan fingerprint density at radius 1 is 1.06 bits per heavy atom. The summed E-state index contributed by atoms with van der Waals surface area (Å²) in [6, 6.07) is 22.4. The molecule has 0 saturated carbocycles. The Kier molecular flexibility index (Phi) is 7.32. The molecule has 1 unspecified atom stereocenters. The van der Waals surface area contributed by atoms with Crippen LogP contribution in [0.2, 0.25) is 0 Å². The Bertz CT molecular complexity index is 1130. The minimum atomic E-state index is -0.586. The number of hydrogen-bond acceptors (Lipinski definition) is 5. The van der Waals surface area contributed by atoms with Crippen LogP contribution < -0.4 is 19.5 Å². The molecule has 3 aromatic rings. The van der Waals surface area contributed by atoms with Crippen LogP contribution in [-0.2, 0) is 22.6 Å². The number of carbonyl (C=O) groups is 2. The molecule has 1 aliphatic heterocycles. The highest BCUT2D eigenvalue weighted by Gasteiger charge is 2.27. The zero-order valence-electron chi connectivity index (χ0n) is 19.3. The molecule has 7 nitrogen and oxygen atoms in total. The summed E-state index contributed by atoms with van der Waals surface area (Å²) >= 11 is 0. The number of carbonyl (C=O) groups excluding carboxylic acids is 2. The first-order valence-electron chi connectivity index (χ1n) is 11.2. The summed E-state index contributed by atoms with van der Waals surface area (Å²) in [6.45, 7) is 2.62. The number of rotatable bonds is 8. The highest BCUT2D eigenvalue weighted by molar-refractivity contribution is 5.92. The maximum atomic E-state index is 12.9. The lowest BCUT2D eigenvalue weighted by Gasteiger charge is -2.22. The van der Waals surface area contributed by atoms with E-state index in [-0.39, 0.29) is 18.4 Å². The largest absolute Gasteiger partial charge is 0.497 e. The van der Waals surface area contributed by atoms with Crippen LogP contribution in [0.25, 0.3) is 0 Å². The number of benzene rings is 3. The number of amides is 2. The van der Waals surface area contributed by atoms with Crippen molar-refractivity contribution in [1.82, 2.24) is 4.90 Å². The van der Waals surface area contributed by atoms with E-state index in [1.807, 2.05) is 48.5 Å². The molecule has 2 amide bonds. The molecule has 4 rings (SSSR count). The predicted octanol–water partition coefficient (Wildman–Crippen LogP) is 4.06. The third kappa shape index (κ3) is 5.86. The van der Waals surface area contributed by atoms with Gasteiger partial charge in [-0.3, -0.25) is 9.59 Å². The minimum Gasteiger partial charge on any atom is -0.497 e. The molecular weight excluding hydrogens is 432 g/mol. The molecule has 0 saturated heterocycles. The van der Waals surface area contributed by atoms with Crippen LogP contribution in [0.15, 0.2) is 72.8 Å². The van der Waals surface area contributed by atoms with E-state index in [0.717, 1.165) is 16.9 Å². The Balaban J connectivity index is 1.41. The van der Waals surface area contributed by atoms with E-state index in [1.54, 1.807) is 43.2 Å². The number of fused-ring (bicyclic) bond motifs is 1. The second-order valence-electron chi connectivity index (χ2n) is 8.09. The van der Waals surface area contributed by atoms with Gasteiger partial charge in [0.2, 0.25) is 0 Å². The van der Waals surface area contributed by atoms with Crippen LogP contribution >= 0.6 is 0 Å². The van der Waals surface area contributed by atoms with Crippen molar-refractivity contribution in [1.29, 1.82) is 0 Å². The summed E-state index contributed by atoms with van der Waals surface area (Å²) in [6.07, 6.45) is 0.127. The average molecular weight is 461 g/mol. The molecule has 0 spiro atoms. The van der Waals surface area contributed by atoms with Crippen molar-refractivity contribution in [3.05, 3.63) is 83.9 Å². The van der Waals surface area contributed by atoms with Crippen LogP contribution in [0.4, 0.5) is 5.69 Å². The number of hydrogen-bond donors (Lipinski definition) is 1. The summed E-state index contributed by atoms with van der Waals surface area (Å²) in [7, 11) is 1.64. The molecule has 1 heterocycles. The topological polar surface area (TPSA) is 77.1 Å². The van der Waals surface area contributed by atoms with E-state index < -0.39 is 6.10 Å². The first-order valence-corrected chi connectivity index (χ1v) is 11.2. The SMILES string of the molecule is COc1ccc(CCN2Cc3cc(NC(=O)COc4ccccc4)ccc3OC(C)C2=O)cc1. The van der Waals surface area contributed by atoms with Gasteiger partial charge in [0.25, 0.3) is 11.8 Å². The fourth-order valence-corrected chi connectivity index (χ4v) is 3.79. The van der Waals surface area contributed by atoms with Gasteiger partial charge in [0.15, 0.2) is 12.7 Å². The molecule has 0 fully saturated rings. The minimum absolute atomic E-state index is 0.0634. The van der Waals surface area contributed by atoms with Crippen molar-refractivity contribution in [3.8, 4) is 17.2 Å². The molecule has 1 N–H and O–H groups in total. The number of nitrogens with one attached hydrogen (secondary N) is 1. The zero-order chi connectivity index (χ0) is 23.9. The summed E-state index contributed by atoms with van der Waals surface area (Å²) in [5.74, 6) is 1.75. The first-order chi connectivity index (χ1) is 16.5. The van der Waals surface area contributed by atoms with E-state index in [1.165, 1.54) is 0 Å². The highest BCUT2D eigenvalue weighted by Crippen LogP contribution is 2.29. The van der Waals surface area contributed by atoms with Gasteiger partial charge in [-0.05, 0) is 61.4 Å². The summed E-state index contributed by atoms with van der Waals surface area (Å²) in [4.78, 5) is 27.1. The number of para-hydroxylation sites is 1. The molecule has 0 aliphatic carbocycles. The maximum Gasteiger partial charge on any atom is 0.263 e. The lowest BCUT2D eigenvalue weighted by molar-refractivity contribution is -0.137. The van der Waals surface area contributed by atoms with Gasteiger partial charge in [0.1, 0.15) is 17.2 Å². The molecule has 1 aliphatic rings. The second-order valence-corrected chi connectivity index (χ2v) is 8.09. The Hall–Kier alpha value is -4.00. The van der Waals surface area contributed by atoms with Crippen LogP contribution in [-0.4, -0.2) is 43.1 Å². The molecule has 1 atom stereocenters. The van der Waals surface area contributed by atoms with Gasteiger partial charge < -0.3 is 24.4 Å². The third-order valence-electron chi connectivity index (χ3n) is 5.61. The quantitative estimate of drug-likeness (QED) is 0.549. The Morgan fingerprint density at radius 2 is 1.82 bits per heavy atom. The van der Waals surface area contributed by atoms with Gasteiger partial charge >= 0.3 is 0 Å². The normalized spacial score (nSPS) is 15.1. The summed E-state index contributed by atoms with van der Waals surface area (Å²) in [5, 5.41) is 2.85. The molecule has 34 heavy (non-hydrogen) atoms. The zero-order valence-corrected chi connectivity index (χ0v) is 19.3. The third-order valence-corrected chi connectivity index (χ3v) is 5.61. The standard InChI is InChI=1S/C27H28N2O5/c1-19-27(31)29(15-14-20-8-11-23(32-2)12-9-20)17-21-16-22(10-13-25(21)34-19)28-26(30)18-33-24-6-4-3-5-7-24/h3-13,16,19H,14-15,17-18H2,1-2H3,(H,28,30). The van der Waals surface area contributed by atoms with Crippen LogP contribution in [0.5, 0.6) is 17.2 Å². The summed E-state index contributed by atoms with van der Waals surface area (Å²) < 4.78 is 16.6. The Morgan fingerprint density at radius 3 is 2.56 bits per heavy atom. The Labute approximate surface area is 199 Å². The number of methoxy groups -OCH3 is 1. The van der Waals surface area contributed by atoms with Gasteiger partial charge in [-0.25, -0.2) is 0 Å². The monoisotopic (exact) mass is 460 g/mol.